The van der Waals surface area contributed by atoms with Gasteiger partial charge in [0.1, 0.15) is 17.6 Å². The molecule has 8 rings (SSSR count). The maximum absolute atomic E-state index is 14.2. The SMILES string of the molecule is FC(F)(F)c1cc([B-](c2cc(C(F)(F)F)cc(C(F)(F)F)c2)(c2cc(C(F)(F)F)cc(C(F)(F)F)c2)c2cc(C(F)(F)F)cc(C(F)(F)F)c2)cc(C(F)(F)F)c1.O=C(C[n+]1c(C(=O)Oc2ccc(O)cc2)ccc2ccccc21)c1ccccc1. The average molecular weight is 1250 g/mol. The molecule has 454 valence electrons. The third-order valence-corrected chi connectivity index (χ3v) is 13.0. The monoisotopic (exact) mass is 1250 g/mol. The molecule has 5 nitrogen and oxygen atoms in total. The lowest BCUT2D eigenvalue weighted by atomic mass is 9.12. The summed E-state index contributed by atoms with van der Waals surface area (Å²) in [5.41, 5.74) is -28.6. The van der Waals surface area contributed by atoms with Crippen molar-refractivity contribution in [2.75, 3.05) is 0 Å². The minimum atomic E-state index is -6.13. The van der Waals surface area contributed by atoms with Crippen LogP contribution in [-0.4, -0.2) is 23.0 Å². The summed E-state index contributed by atoms with van der Waals surface area (Å²) in [6, 6.07) is 17.1. The number of halogens is 24. The molecule has 0 bridgehead atoms. The van der Waals surface area contributed by atoms with Crippen molar-refractivity contribution in [3.05, 3.63) is 220 Å². The molecule has 0 fully saturated rings. The Morgan fingerprint density at radius 2 is 0.674 bits per heavy atom. The normalized spacial score (nSPS) is 13.1. The molecule has 0 aliphatic heterocycles. The van der Waals surface area contributed by atoms with Crippen LogP contribution in [0.5, 0.6) is 11.5 Å². The number of carbonyl (C=O) groups excluding carboxylic acids is 2. The van der Waals surface area contributed by atoms with E-state index in [1.165, 1.54) is 24.3 Å². The van der Waals surface area contributed by atoms with Crippen LogP contribution in [0.1, 0.15) is 65.4 Å². The number of benzene rings is 7. The van der Waals surface area contributed by atoms with Gasteiger partial charge in [-0.1, -0.05) is 91.0 Å². The second-order valence-corrected chi connectivity index (χ2v) is 18.8. The number of para-hydroxylation sites is 1. The van der Waals surface area contributed by atoms with Gasteiger partial charge >= 0.3 is 55.4 Å². The molecule has 30 heteroatoms. The number of pyridine rings is 1. The first-order valence-electron chi connectivity index (χ1n) is 23.7. The van der Waals surface area contributed by atoms with Crippen LogP contribution in [-0.2, 0) is 56.0 Å². The molecule has 0 radical (unpaired) electrons. The van der Waals surface area contributed by atoms with Gasteiger partial charge in [0.15, 0.2) is 0 Å². The Hall–Kier alpha value is -8.73. The number of nitrogens with zero attached hydrogens (tertiary/aromatic N) is 1. The van der Waals surface area contributed by atoms with Crippen LogP contribution in [0.25, 0.3) is 10.9 Å². The first-order valence-corrected chi connectivity index (χ1v) is 23.7. The molecule has 0 aliphatic rings. The molecule has 86 heavy (non-hydrogen) atoms. The zero-order valence-corrected chi connectivity index (χ0v) is 42.1. The van der Waals surface area contributed by atoms with E-state index < -0.39 is 201 Å². The summed E-state index contributed by atoms with van der Waals surface area (Å²) in [7, 11) is 0. The van der Waals surface area contributed by atoms with Gasteiger partial charge in [0.05, 0.1) is 44.5 Å². The van der Waals surface area contributed by atoms with E-state index in [1.54, 1.807) is 34.9 Å². The molecule has 1 aromatic heterocycles. The summed E-state index contributed by atoms with van der Waals surface area (Å²) in [5, 5.41) is 10.3. The van der Waals surface area contributed by atoms with Crippen molar-refractivity contribution in [3.63, 3.8) is 0 Å². The summed E-state index contributed by atoms with van der Waals surface area (Å²) in [4.78, 5) is 25.7. The molecule has 0 saturated carbocycles. The van der Waals surface area contributed by atoms with Crippen molar-refractivity contribution in [2.45, 2.75) is 56.0 Å². The van der Waals surface area contributed by atoms with Gasteiger partial charge in [-0.15, -0.1) is 0 Å². The molecule has 0 aliphatic carbocycles. The lowest BCUT2D eigenvalue weighted by Gasteiger charge is -2.46. The van der Waals surface area contributed by atoms with Crippen LogP contribution in [0.4, 0.5) is 105 Å². The number of phenols is 1. The van der Waals surface area contributed by atoms with Gasteiger partial charge in [-0.3, -0.25) is 4.79 Å². The quantitative estimate of drug-likeness (QED) is 0.0391. The molecule has 8 aromatic rings. The van der Waals surface area contributed by atoms with Gasteiger partial charge in [0.25, 0.3) is 5.69 Å². The van der Waals surface area contributed by atoms with Gasteiger partial charge < -0.3 is 9.84 Å². The number of Topliss-reactive ketones (excluding diaryl/α,β-unsaturated/α-hetero) is 1. The Morgan fingerprint density at radius 3 is 0.988 bits per heavy atom. The van der Waals surface area contributed by atoms with Crippen molar-refractivity contribution >= 4 is 50.7 Å². The number of esters is 1. The maximum Gasteiger partial charge on any atom is 0.416 e. The molecule has 0 amide bonds. The minimum absolute atomic E-state index is 0.00534. The number of ether oxygens (including phenoxy) is 1. The van der Waals surface area contributed by atoms with Crippen molar-refractivity contribution in [3.8, 4) is 11.5 Å². The number of alkyl halides is 24. The van der Waals surface area contributed by atoms with E-state index in [1.807, 2.05) is 36.4 Å². The van der Waals surface area contributed by atoms with E-state index >= 15 is 0 Å². The lowest BCUT2D eigenvalue weighted by Crippen LogP contribution is -2.75. The Kier molecular flexibility index (Phi) is 17.3. The van der Waals surface area contributed by atoms with Crippen molar-refractivity contribution in [1.82, 2.24) is 0 Å². The van der Waals surface area contributed by atoms with Crippen LogP contribution < -0.4 is 31.2 Å². The van der Waals surface area contributed by atoms with E-state index in [-0.39, 0.29) is 23.8 Å². The Bertz CT molecular complexity index is 3390. The molecule has 7 aromatic carbocycles. The van der Waals surface area contributed by atoms with Crippen LogP contribution >= 0.6 is 0 Å². The summed E-state index contributed by atoms with van der Waals surface area (Å²) in [5.74, 6) is -0.297. The number of rotatable bonds is 9. The fourth-order valence-electron chi connectivity index (χ4n) is 9.21. The predicted molar refractivity (Wildman–Crippen MR) is 258 cm³/mol. The van der Waals surface area contributed by atoms with Gasteiger partial charge in [0, 0.05) is 23.1 Å². The van der Waals surface area contributed by atoms with Crippen LogP contribution in [0.3, 0.4) is 0 Å². The lowest BCUT2D eigenvalue weighted by molar-refractivity contribution is -0.659. The Labute approximate surface area is 466 Å². The summed E-state index contributed by atoms with van der Waals surface area (Å²) in [6.07, 6.45) is -54.8. The number of ketones is 1. The second-order valence-electron chi connectivity index (χ2n) is 18.8. The van der Waals surface area contributed by atoms with Crippen molar-refractivity contribution < 1.29 is 129 Å². The maximum atomic E-state index is 14.2. The fraction of sp³-hybridized carbons (Fsp3) is 0.161. The summed E-state index contributed by atoms with van der Waals surface area (Å²) < 4.78 is 348. The summed E-state index contributed by atoms with van der Waals surface area (Å²) in [6.45, 7) is 0.00534. The van der Waals surface area contributed by atoms with Crippen LogP contribution in [0.15, 0.2) is 164 Å². The molecule has 0 saturated heterocycles. The Morgan fingerprint density at radius 1 is 0.372 bits per heavy atom. The number of hydrogen-bond donors (Lipinski definition) is 1. The molecule has 0 unspecified atom stereocenters. The topological polar surface area (TPSA) is 67.5 Å². The third-order valence-electron chi connectivity index (χ3n) is 13.0. The standard InChI is InChI=1S/C32H12BF24.C24H17NO4/c34-25(35,36)13-1-14(26(37,38)39)6-21(5-13)33(22-7-15(27(40,41)42)2-16(8-22)28(43,44)45,23-9-17(29(46,47)48)3-18(10-23)30(49,50)51)24-11-19(31(52,53)54)4-20(12-24)32(55,56)57;26-19-11-13-20(14-12-19)29-24(28)22-15-10-17-6-4-5-9-21(17)25(22)16-23(27)18-7-2-1-3-8-18/h1-12H;1-15H,16H2/q-1;/p+1. The number of aromatic nitrogens is 1. The molecule has 0 spiro atoms. The number of phenolic OH excluding ortho intramolecular Hbond substituents is 1. The molecular weight excluding hydrogens is 1220 g/mol. The third kappa shape index (κ3) is 14.5. The second kappa shape index (κ2) is 22.9. The molecule has 0 atom stereocenters. The first-order chi connectivity index (χ1) is 39.4. The fourth-order valence-corrected chi connectivity index (χ4v) is 9.21. The highest BCUT2D eigenvalue weighted by atomic mass is 19.4. The molecular formula is C56H30BF24NO4. The first kappa shape index (κ1) is 64.8. The van der Waals surface area contributed by atoms with Gasteiger partial charge in [-0.2, -0.15) is 132 Å². The van der Waals surface area contributed by atoms with E-state index in [4.69, 9.17) is 4.74 Å². The number of fused-ring (bicyclic) bond motifs is 1. The summed E-state index contributed by atoms with van der Waals surface area (Å²) >= 11 is 0. The number of hydrogen-bond acceptors (Lipinski definition) is 4. The molecule has 1 heterocycles. The zero-order chi connectivity index (χ0) is 64.1. The minimum Gasteiger partial charge on any atom is -0.508 e. The highest BCUT2D eigenvalue weighted by Crippen LogP contribution is 2.42. The number of carbonyl (C=O) groups is 2. The highest BCUT2D eigenvalue weighted by molar-refractivity contribution is 7.20. The van der Waals surface area contributed by atoms with E-state index in [9.17, 15) is 120 Å². The largest absolute Gasteiger partial charge is 0.508 e. The van der Waals surface area contributed by atoms with Crippen LogP contribution in [0.2, 0.25) is 0 Å². The van der Waals surface area contributed by atoms with E-state index in [0.717, 1.165) is 10.9 Å². The van der Waals surface area contributed by atoms with E-state index in [0.29, 0.717) is 11.3 Å². The van der Waals surface area contributed by atoms with Gasteiger partial charge in [-0.05, 0) is 60.7 Å². The predicted octanol–water partition coefficient (Wildman–Crippen LogP) is 15.1. The number of aromatic hydroxyl groups is 1. The van der Waals surface area contributed by atoms with Gasteiger partial charge in [-0.25, -0.2) is 4.79 Å². The van der Waals surface area contributed by atoms with E-state index in [2.05, 4.69) is 0 Å². The zero-order valence-electron chi connectivity index (χ0n) is 42.1. The highest BCUT2D eigenvalue weighted by Gasteiger charge is 2.47. The smallest absolute Gasteiger partial charge is 0.416 e. The average Bonchev–Trinajstić information content (AvgIpc) is 0.757. The van der Waals surface area contributed by atoms with Crippen LogP contribution in [0, 0.1) is 0 Å². The Balaban J connectivity index is 0.000000302. The van der Waals surface area contributed by atoms with Gasteiger partial charge in [0.2, 0.25) is 17.8 Å². The van der Waals surface area contributed by atoms with Crippen molar-refractivity contribution in [1.29, 1.82) is 0 Å². The molecule has 1 N–H and O–H groups in total. The van der Waals surface area contributed by atoms with Crippen molar-refractivity contribution in [2.24, 2.45) is 0 Å².